The summed E-state index contributed by atoms with van der Waals surface area (Å²) in [7, 11) is 0. The van der Waals surface area contributed by atoms with Gasteiger partial charge in [0.15, 0.2) is 0 Å². The van der Waals surface area contributed by atoms with Gasteiger partial charge in [0.25, 0.3) is 0 Å². The van der Waals surface area contributed by atoms with E-state index in [1.165, 1.54) is 11.1 Å². The van der Waals surface area contributed by atoms with Crippen LogP contribution in [-0.2, 0) is 24.2 Å². The molecule has 2 heterocycles. The zero-order valence-electron chi connectivity index (χ0n) is 16.0. The summed E-state index contributed by atoms with van der Waals surface area (Å²) in [6.45, 7) is 7.01. The van der Waals surface area contributed by atoms with Crippen LogP contribution in [0.4, 0.5) is 0 Å². The minimum absolute atomic E-state index is 0.160. The average Bonchev–Trinajstić information content (AvgIpc) is 2.98. The molecule has 1 saturated heterocycles. The predicted molar refractivity (Wildman–Crippen MR) is 107 cm³/mol. The van der Waals surface area contributed by atoms with Gasteiger partial charge in [0.1, 0.15) is 5.75 Å². The molecule has 4 rings (SSSR count). The molecule has 2 aromatic rings. The molecule has 142 valence electrons. The maximum absolute atomic E-state index is 13.2. The maximum Gasteiger partial charge on any atom is 0.227 e. The Labute approximate surface area is 161 Å². The quantitative estimate of drug-likeness (QED) is 0.909. The first-order valence-corrected chi connectivity index (χ1v) is 9.92. The molecular weight excluding hydrogens is 336 g/mol. The standard InChI is InChI=1S/C23H28N2O2/c1-2-24-12-11-23(16-24)14-19-5-3-4-6-20(19)15-25(17-23)22(27)13-18-7-9-21(26)10-8-18/h3-10,26H,2,11-17H2,1H3. The topological polar surface area (TPSA) is 43.8 Å². The molecular formula is C23H28N2O2. The molecule has 4 heteroatoms. The third-order valence-corrected chi connectivity index (χ3v) is 6.18. The minimum atomic E-state index is 0.160. The van der Waals surface area contributed by atoms with E-state index in [-0.39, 0.29) is 17.1 Å². The zero-order valence-corrected chi connectivity index (χ0v) is 16.0. The lowest BCUT2D eigenvalue weighted by atomic mass is 9.80. The molecule has 1 fully saturated rings. The van der Waals surface area contributed by atoms with Crippen LogP contribution in [0.5, 0.6) is 5.75 Å². The summed E-state index contributed by atoms with van der Waals surface area (Å²) in [4.78, 5) is 17.7. The van der Waals surface area contributed by atoms with Crippen LogP contribution in [0.15, 0.2) is 48.5 Å². The van der Waals surface area contributed by atoms with Crippen LogP contribution in [0.2, 0.25) is 0 Å². The summed E-state index contributed by atoms with van der Waals surface area (Å²) in [6.07, 6.45) is 2.59. The Morgan fingerprint density at radius 2 is 1.81 bits per heavy atom. The molecule has 2 aromatic carbocycles. The van der Waals surface area contributed by atoms with Crippen molar-refractivity contribution in [3.63, 3.8) is 0 Å². The van der Waals surface area contributed by atoms with E-state index in [4.69, 9.17) is 0 Å². The molecule has 1 amide bonds. The lowest BCUT2D eigenvalue weighted by Crippen LogP contribution is -2.42. The number of likely N-dealkylation sites (tertiary alicyclic amines) is 1. The van der Waals surface area contributed by atoms with Gasteiger partial charge < -0.3 is 14.9 Å². The summed E-state index contributed by atoms with van der Waals surface area (Å²) in [5.74, 6) is 0.409. The average molecular weight is 364 g/mol. The highest BCUT2D eigenvalue weighted by atomic mass is 16.3. The maximum atomic E-state index is 13.2. The second-order valence-electron chi connectivity index (χ2n) is 8.16. The minimum Gasteiger partial charge on any atom is -0.508 e. The van der Waals surface area contributed by atoms with Gasteiger partial charge in [-0.2, -0.15) is 0 Å². The number of phenols is 1. The molecule has 0 saturated carbocycles. The first-order valence-electron chi connectivity index (χ1n) is 9.92. The fraction of sp³-hybridized carbons (Fsp3) is 0.435. The van der Waals surface area contributed by atoms with Crippen molar-refractivity contribution in [2.45, 2.75) is 32.7 Å². The molecule has 0 aliphatic carbocycles. The van der Waals surface area contributed by atoms with Crippen LogP contribution in [0.1, 0.15) is 30.0 Å². The fourth-order valence-electron chi connectivity index (χ4n) is 4.66. The number of benzene rings is 2. The van der Waals surface area contributed by atoms with E-state index in [0.29, 0.717) is 13.0 Å². The molecule has 2 aliphatic rings. The van der Waals surface area contributed by atoms with Gasteiger partial charge in [0, 0.05) is 25.0 Å². The van der Waals surface area contributed by atoms with Crippen LogP contribution in [0.3, 0.4) is 0 Å². The predicted octanol–water partition coefficient (Wildman–Crippen LogP) is 3.23. The van der Waals surface area contributed by atoms with Crippen LogP contribution >= 0.6 is 0 Å². The van der Waals surface area contributed by atoms with Crippen LogP contribution in [-0.4, -0.2) is 47.0 Å². The summed E-state index contributed by atoms with van der Waals surface area (Å²) >= 11 is 0. The first kappa shape index (κ1) is 18.1. The summed E-state index contributed by atoms with van der Waals surface area (Å²) in [6, 6.07) is 15.6. The number of carbonyl (C=O) groups excluding carboxylic acids is 1. The number of aromatic hydroxyl groups is 1. The monoisotopic (exact) mass is 364 g/mol. The van der Waals surface area contributed by atoms with Gasteiger partial charge in [-0.1, -0.05) is 43.3 Å². The van der Waals surface area contributed by atoms with Gasteiger partial charge in [-0.05, 0) is 54.8 Å². The number of phenolic OH excluding ortho intramolecular Hbond substituents is 1. The van der Waals surface area contributed by atoms with E-state index in [0.717, 1.165) is 44.6 Å². The molecule has 0 radical (unpaired) electrons. The molecule has 1 spiro atoms. The van der Waals surface area contributed by atoms with Crippen molar-refractivity contribution in [1.82, 2.24) is 9.80 Å². The molecule has 1 unspecified atom stereocenters. The Morgan fingerprint density at radius 3 is 2.52 bits per heavy atom. The largest absolute Gasteiger partial charge is 0.508 e. The lowest BCUT2D eigenvalue weighted by molar-refractivity contribution is -0.132. The highest BCUT2D eigenvalue weighted by Gasteiger charge is 2.42. The summed E-state index contributed by atoms with van der Waals surface area (Å²) in [5, 5.41) is 9.47. The van der Waals surface area contributed by atoms with Gasteiger partial charge in [-0.15, -0.1) is 0 Å². The Balaban J connectivity index is 1.59. The van der Waals surface area contributed by atoms with Crippen molar-refractivity contribution in [1.29, 1.82) is 0 Å². The van der Waals surface area contributed by atoms with Gasteiger partial charge in [0.05, 0.1) is 6.42 Å². The zero-order chi connectivity index (χ0) is 18.9. The van der Waals surface area contributed by atoms with E-state index in [9.17, 15) is 9.90 Å². The summed E-state index contributed by atoms with van der Waals surface area (Å²) in [5.41, 5.74) is 3.79. The smallest absolute Gasteiger partial charge is 0.227 e. The van der Waals surface area contributed by atoms with Crippen molar-refractivity contribution in [2.75, 3.05) is 26.2 Å². The van der Waals surface area contributed by atoms with Gasteiger partial charge >= 0.3 is 0 Å². The number of hydrogen-bond acceptors (Lipinski definition) is 3. The van der Waals surface area contributed by atoms with Crippen LogP contribution in [0.25, 0.3) is 0 Å². The molecule has 27 heavy (non-hydrogen) atoms. The number of hydrogen-bond donors (Lipinski definition) is 1. The third kappa shape index (κ3) is 3.86. The number of nitrogens with zero attached hydrogens (tertiary/aromatic N) is 2. The lowest BCUT2D eigenvalue weighted by Gasteiger charge is -2.33. The molecule has 4 nitrogen and oxygen atoms in total. The second kappa shape index (κ2) is 7.35. The Kier molecular flexibility index (Phi) is 4.92. The normalized spacial score (nSPS) is 22.6. The number of rotatable bonds is 3. The van der Waals surface area contributed by atoms with Crippen molar-refractivity contribution >= 4 is 5.91 Å². The van der Waals surface area contributed by atoms with Gasteiger partial charge in [-0.3, -0.25) is 4.79 Å². The number of carbonyl (C=O) groups is 1. The Bertz CT molecular complexity index is 817. The fourth-order valence-corrected chi connectivity index (χ4v) is 4.66. The van der Waals surface area contributed by atoms with E-state index in [1.807, 2.05) is 12.1 Å². The number of amides is 1. The van der Waals surface area contributed by atoms with Crippen molar-refractivity contribution in [3.8, 4) is 5.75 Å². The van der Waals surface area contributed by atoms with Crippen LogP contribution < -0.4 is 0 Å². The second-order valence-corrected chi connectivity index (χ2v) is 8.16. The van der Waals surface area contributed by atoms with Crippen LogP contribution in [0, 0.1) is 5.41 Å². The summed E-state index contributed by atoms with van der Waals surface area (Å²) < 4.78 is 0. The third-order valence-electron chi connectivity index (χ3n) is 6.18. The molecule has 1 N–H and O–H groups in total. The SMILES string of the molecule is CCN1CCC2(Cc3ccccc3CN(C(=O)Cc3ccc(O)cc3)C2)C1. The molecule has 2 aliphatic heterocycles. The van der Waals surface area contributed by atoms with Crippen molar-refractivity contribution in [2.24, 2.45) is 5.41 Å². The highest BCUT2D eigenvalue weighted by molar-refractivity contribution is 5.79. The van der Waals surface area contributed by atoms with Gasteiger partial charge in [0.2, 0.25) is 5.91 Å². The highest BCUT2D eigenvalue weighted by Crippen LogP contribution is 2.38. The Morgan fingerprint density at radius 1 is 1.07 bits per heavy atom. The molecule has 0 bridgehead atoms. The van der Waals surface area contributed by atoms with E-state index >= 15 is 0 Å². The van der Waals surface area contributed by atoms with E-state index in [2.05, 4.69) is 41.0 Å². The molecule has 0 aromatic heterocycles. The van der Waals surface area contributed by atoms with Crippen molar-refractivity contribution < 1.29 is 9.90 Å². The van der Waals surface area contributed by atoms with E-state index in [1.54, 1.807) is 12.1 Å². The molecule has 1 atom stereocenters. The van der Waals surface area contributed by atoms with Crippen molar-refractivity contribution in [3.05, 3.63) is 65.2 Å². The first-order chi connectivity index (χ1) is 13.1. The van der Waals surface area contributed by atoms with Gasteiger partial charge in [-0.25, -0.2) is 0 Å². The van der Waals surface area contributed by atoms with E-state index < -0.39 is 0 Å². The number of fused-ring (bicyclic) bond motifs is 1. The Hall–Kier alpha value is -2.33.